The second kappa shape index (κ2) is 5.89. The number of nitrogens with two attached hydrogens (primary N) is 1. The van der Waals surface area contributed by atoms with Crippen molar-refractivity contribution in [3.05, 3.63) is 41.6 Å². The zero-order chi connectivity index (χ0) is 14.7. The van der Waals surface area contributed by atoms with E-state index >= 15 is 0 Å². The Morgan fingerprint density at radius 2 is 2.05 bits per heavy atom. The number of anilines is 1. The minimum absolute atomic E-state index is 0.132. The van der Waals surface area contributed by atoms with Crippen LogP contribution in [0.25, 0.3) is 11.3 Å². The first kappa shape index (κ1) is 14.3. The fourth-order valence-corrected chi connectivity index (χ4v) is 2.16. The number of nitrogens with one attached hydrogen (secondary N) is 2. The van der Waals surface area contributed by atoms with Crippen LogP contribution < -0.4 is 11.1 Å². The van der Waals surface area contributed by atoms with Crippen molar-refractivity contribution in [1.82, 2.24) is 4.98 Å². The molecule has 0 aliphatic heterocycles. The molecule has 1 amide bonds. The van der Waals surface area contributed by atoms with Crippen LogP contribution in [0.3, 0.4) is 0 Å². The van der Waals surface area contributed by atoms with Crippen LogP contribution >= 0.6 is 0 Å². The average Bonchev–Trinajstić information content (AvgIpc) is 2.79. The summed E-state index contributed by atoms with van der Waals surface area (Å²) in [5, 5.41) is 2.76. The molecule has 1 aromatic carbocycles. The molecule has 7 heteroatoms. The highest BCUT2D eigenvalue weighted by Crippen LogP contribution is 2.23. The van der Waals surface area contributed by atoms with E-state index in [4.69, 9.17) is 5.73 Å². The van der Waals surface area contributed by atoms with Gasteiger partial charge in [-0.1, -0.05) is 12.1 Å². The molecule has 0 spiro atoms. The van der Waals surface area contributed by atoms with Crippen molar-refractivity contribution < 1.29 is 13.6 Å². The lowest BCUT2D eigenvalue weighted by Gasteiger charge is -2.08. The summed E-state index contributed by atoms with van der Waals surface area (Å²) in [5.74, 6) is -0.603. The third-order valence-corrected chi connectivity index (χ3v) is 3.25. The summed E-state index contributed by atoms with van der Waals surface area (Å²) in [7, 11) is 0. The quantitative estimate of drug-likeness (QED) is 0.722. The molecule has 6 nitrogen and oxygen atoms in total. The molecule has 1 heterocycles. The van der Waals surface area contributed by atoms with Gasteiger partial charge in [-0.2, -0.15) is 0 Å². The fourth-order valence-electron chi connectivity index (χ4n) is 1.88. The van der Waals surface area contributed by atoms with Gasteiger partial charge in [-0.15, -0.1) is 0 Å². The van der Waals surface area contributed by atoms with E-state index in [1.807, 2.05) is 12.1 Å². The van der Waals surface area contributed by atoms with Gasteiger partial charge in [0.15, 0.2) is 0 Å². The Balaban J connectivity index is 2.19. The number of benzene rings is 1. The monoisotopic (exact) mass is 292 g/mol. The predicted octanol–water partition coefficient (Wildman–Crippen LogP) is 1.34. The van der Waals surface area contributed by atoms with Crippen molar-refractivity contribution in [2.75, 3.05) is 11.2 Å². The molecule has 1 aromatic heterocycles. The molecule has 0 fully saturated rings. The molecule has 2 aromatic rings. The van der Waals surface area contributed by atoms with Gasteiger partial charge in [0.05, 0.1) is 11.4 Å². The summed E-state index contributed by atoms with van der Waals surface area (Å²) < 4.78 is 20.9. The lowest BCUT2D eigenvalue weighted by atomic mass is 10.1. The van der Waals surface area contributed by atoms with Gasteiger partial charge in [0.25, 0.3) is 5.91 Å². The first-order chi connectivity index (χ1) is 9.47. The molecule has 2 rings (SSSR count). The molecular formula is C13H14N3O3S-. The minimum Gasteiger partial charge on any atom is -0.771 e. The number of hydrogen-bond acceptors (Lipinski definition) is 4. The molecule has 106 valence electrons. The van der Waals surface area contributed by atoms with Crippen molar-refractivity contribution in [2.24, 2.45) is 5.73 Å². The number of aryl methyl sites for hydroxylation is 1. The molecular weight excluding hydrogens is 278 g/mol. The van der Waals surface area contributed by atoms with Crippen LogP contribution in [0.2, 0.25) is 0 Å². The number of aromatic amines is 1. The highest BCUT2D eigenvalue weighted by Gasteiger charge is 2.10. The van der Waals surface area contributed by atoms with Crippen molar-refractivity contribution in [2.45, 2.75) is 6.92 Å². The zero-order valence-corrected chi connectivity index (χ0v) is 11.6. The Kier molecular flexibility index (Phi) is 4.21. The summed E-state index contributed by atoms with van der Waals surface area (Å²) in [6.45, 7) is 1.78. The zero-order valence-electron chi connectivity index (χ0n) is 10.8. The molecule has 0 saturated heterocycles. The standard InChI is InChI=1S/C13H15N3O3S/c1-8-11(13(14)17)6-12(16-8)9-2-4-10(5-3-9)15-7-20(18)19/h2-6,15-16H,7H2,1H3,(H2,14,17)(H,18,19)/p-1. The van der Waals surface area contributed by atoms with E-state index in [1.165, 1.54) is 0 Å². The molecule has 0 aliphatic carbocycles. The summed E-state index contributed by atoms with van der Waals surface area (Å²) in [4.78, 5) is 14.3. The van der Waals surface area contributed by atoms with Gasteiger partial charge in [-0.05, 0) is 41.8 Å². The van der Waals surface area contributed by atoms with E-state index in [9.17, 15) is 13.6 Å². The lowest BCUT2D eigenvalue weighted by Crippen LogP contribution is -2.10. The topological polar surface area (TPSA) is 111 Å². The van der Waals surface area contributed by atoms with E-state index in [1.54, 1.807) is 25.1 Å². The van der Waals surface area contributed by atoms with E-state index in [-0.39, 0.29) is 5.88 Å². The van der Waals surface area contributed by atoms with Crippen molar-refractivity contribution in [3.8, 4) is 11.3 Å². The fraction of sp³-hybridized carbons (Fsp3) is 0.154. The number of carbonyl (C=O) groups is 1. The summed E-state index contributed by atoms with van der Waals surface area (Å²) in [5.41, 5.74) is 8.83. The van der Waals surface area contributed by atoms with Gasteiger partial charge < -0.3 is 20.6 Å². The maximum atomic E-state index is 11.2. The van der Waals surface area contributed by atoms with Gasteiger partial charge in [-0.3, -0.25) is 9.00 Å². The van der Waals surface area contributed by atoms with Crippen LogP contribution in [0.1, 0.15) is 16.1 Å². The van der Waals surface area contributed by atoms with E-state index < -0.39 is 17.0 Å². The maximum Gasteiger partial charge on any atom is 0.250 e. The first-order valence-corrected chi connectivity index (χ1v) is 7.11. The minimum atomic E-state index is -2.13. The Morgan fingerprint density at radius 1 is 1.40 bits per heavy atom. The lowest BCUT2D eigenvalue weighted by molar-refractivity contribution is 0.1000. The predicted molar refractivity (Wildman–Crippen MR) is 76.9 cm³/mol. The average molecular weight is 292 g/mol. The first-order valence-electron chi connectivity index (χ1n) is 5.87. The summed E-state index contributed by atoms with van der Waals surface area (Å²) in [6.07, 6.45) is 0. The van der Waals surface area contributed by atoms with E-state index in [0.717, 1.165) is 17.0 Å². The van der Waals surface area contributed by atoms with E-state index in [2.05, 4.69) is 10.3 Å². The van der Waals surface area contributed by atoms with Gasteiger partial charge >= 0.3 is 0 Å². The SMILES string of the molecule is Cc1[nH]c(-c2ccc(NCS(=O)[O-])cc2)cc1C(N)=O. The molecule has 0 saturated carbocycles. The molecule has 1 unspecified atom stereocenters. The number of hydrogen-bond donors (Lipinski definition) is 3. The third-order valence-electron chi connectivity index (χ3n) is 2.87. The van der Waals surface area contributed by atoms with Gasteiger partial charge in [-0.25, -0.2) is 0 Å². The second-order valence-corrected chi connectivity index (χ2v) is 5.18. The molecule has 0 aliphatic rings. The maximum absolute atomic E-state index is 11.2. The molecule has 0 bridgehead atoms. The van der Waals surface area contributed by atoms with Crippen LogP contribution in [-0.4, -0.2) is 25.5 Å². The van der Waals surface area contributed by atoms with Gasteiger partial charge in [0.1, 0.15) is 0 Å². The second-order valence-electron chi connectivity index (χ2n) is 4.29. The number of primary amides is 1. The Bertz CT molecular complexity index is 649. The van der Waals surface area contributed by atoms with Crippen LogP contribution in [0.5, 0.6) is 0 Å². The number of H-pyrrole nitrogens is 1. The Labute approximate surface area is 118 Å². The van der Waals surface area contributed by atoms with Gasteiger partial charge in [0, 0.05) is 17.1 Å². The number of amides is 1. The highest BCUT2D eigenvalue weighted by molar-refractivity contribution is 7.79. The van der Waals surface area contributed by atoms with Gasteiger partial charge in [0.2, 0.25) is 0 Å². The van der Waals surface area contributed by atoms with Crippen LogP contribution in [0.15, 0.2) is 30.3 Å². The van der Waals surface area contributed by atoms with Crippen molar-refractivity contribution >= 4 is 22.7 Å². The Hall–Kier alpha value is -2.12. The smallest absolute Gasteiger partial charge is 0.250 e. The molecule has 20 heavy (non-hydrogen) atoms. The Morgan fingerprint density at radius 3 is 2.55 bits per heavy atom. The van der Waals surface area contributed by atoms with Crippen LogP contribution in [0, 0.1) is 6.92 Å². The number of rotatable bonds is 5. The number of carbonyl (C=O) groups excluding carboxylic acids is 1. The van der Waals surface area contributed by atoms with Crippen LogP contribution in [0.4, 0.5) is 5.69 Å². The normalized spacial score (nSPS) is 12.1. The molecule has 1 atom stereocenters. The number of aromatic nitrogens is 1. The van der Waals surface area contributed by atoms with Crippen molar-refractivity contribution in [3.63, 3.8) is 0 Å². The van der Waals surface area contributed by atoms with E-state index in [0.29, 0.717) is 11.3 Å². The third kappa shape index (κ3) is 3.25. The molecule has 0 radical (unpaired) electrons. The summed E-state index contributed by atoms with van der Waals surface area (Å²) >= 11 is -2.13. The van der Waals surface area contributed by atoms with Crippen molar-refractivity contribution in [1.29, 1.82) is 0 Å². The summed E-state index contributed by atoms with van der Waals surface area (Å²) in [6, 6.07) is 8.88. The molecule has 4 N–H and O–H groups in total. The van der Waals surface area contributed by atoms with Crippen LogP contribution in [-0.2, 0) is 11.1 Å². The highest BCUT2D eigenvalue weighted by atomic mass is 32.2. The largest absolute Gasteiger partial charge is 0.771 e.